The molecule has 28 heavy (non-hydrogen) atoms. The maximum Gasteiger partial charge on any atom is 0.289 e. The van der Waals surface area contributed by atoms with Gasteiger partial charge in [-0.05, 0) is 45.4 Å². The summed E-state index contributed by atoms with van der Waals surface area (Å²) in [6.45, 7) is 9.62. The Labute approximate surface area is 185 Å². The quantitative estimate of drug-likeness (QED) is 0.389. The summed E-state index contributed by atoms with van der Waals surface area (Å²) >= 11 is 0. The summed E-state index contributed by atoms with van der Waals surface area (Å²) in [5.74, 6) is 1.31. The Kier molecular flexibility index (Phi) is 9.07. The maximum atomic E-state index is 12.4. The molecule has 1 N–H and O–H groups in total. The van der Waals surface area contributed by atoms with Crippen molar-refractivity contribution < 1.29 is 9.21 Å². The third-order valence-corrected chi connectivity index (χ3v) is 5.79. The number of halogens is 1. The standard InChI is InChI=1S/C20H33N5O2.HI/c1-16-7-4-5-9-25(16)17(2)15-22-20(21-3)24-12-10-23(11-13-24)19(26)18-8-6-14-27-18;/h6,8,14,16-17H,4-5,7,9-13,15H2,1-3H3,(H,21,22);1H. The first-order chi connectivity index (χ1) is 13.1. The molecule has 2 saturated heterocycles. The number of piperidine rings is 1. The van der Waals surface area contributed by atoms with Crippen LogP contribution in [0.15, 0.2) is 27.8 Å². The molecule has 2 aliphatic rings. The zero-order valence-corrected chi connectivity index (χ0v) is 19.6. The number of hydrogen-bond acceptors (Lipinski definition) is 4. The van der Waals surface area contributed by atoms with E-state index in [4.69, 9.17) is 4.42 Å². The lowest BCUT2D eigenvalue weighted by atomic mass is 10.0. The molecule has 7 nitrogen and oxygen atoms in total. The molecule has 2 atom stereocenters. The summed E-state index contributed by atoms with van der Waals surface area (Å²) in [7, 11) is 1.83. The number of carbonyl (C=O) groups is 1. The number of hydrogen-bond donors (Lipinski definition) is 1. The summed E-state index contributed by atoms with van der Waals surface area (Å²) in [6.07, 6.45) is 5.49. The number of nitrogens with one attached hydrogen (secondary N) is 1. The van der Waals surface area contributed by atoms with Gasteiger partial charge in [0.2, 0.25) is 0 Å². The van der Waals surface area contributed by atoms with Crippen molar-refractivity contribution in [2.24, 2.45) is 4.99 Å². The van der Waals surface area contributed by atoms with E-state index in [-0.39, 0.29) is 29.9 Å². The van der Waals surface area contributed by atoms with Crippen molar-refractivity contribution in [2.75, 3.05) is 46.3 Å². The van der Waals surface area contributed by atoms with Gasteiger partial charge >= 0.3 is 0 Å². The molecule has 0 saturated carbocycles. The highest BCUT2D eigenvalue weighted by Gasteiger charge is 2.26. The SMILES string of the molecule is CN=C(NCC(C)N1CCCCC1C)N1CCN(C(=O)c2ccco2)CC1.I. The first kappa shape index (κ1) is 23.0. The third kappa shape index (κ3) is 5.62. The molecule has 0 radical (unpaired) electrons. The van der Waals surface area contributed by atoms with Crippen LogP contribution in [-0.2, 0) is 0 Å². The van der Waals surface area contributed by atoms with Crippen molar-refractivity contribution in [1.29, 1.82) is 0 Å². The van der Waals surface area contributed by atoms with E-state index >= 15 is 0 Å². The third-order valence-electron chi connectivity index (χ3n) is 5.79. The number of amides is 1. The number of rotatable bonds is 4. The number of nitrogens with zero attached hydrogens (tertiary/aromatic N) is 4. The molecular formula is C20H34IN5O2. The van der Waals surface area contributed by atoms with E-state index in [0.717, 1.165) is 25.6 Å². The van der Waals surface area contributed by atoms with Gasteiger partial charge in [0.15, 0.2) is 11.7 Å². The van der Waals surface area contributed by atoms with Gasteiger partial charge in [-0.15, -0.1) is 24.0 Å². The Morgan fingerprint density at radius 2 is 1.96 bits per heavy atom. The first-order valence-electron chi connectivity index (χ1n) is 10.1. The van der Waals surface area contributed by atoms with Gasteiger partial charge in [0.1, 0.15) is 0 Å². The Morgan fingerprint density at radius 1 is 1.25 bits per heavy atom. The van der Waals surface area contributed by atoms with Gasteiger partial charge in [0.25, 0.3) is 5.91 Å². The van der Waals surface area contributed by atoms with Gasteiger partial charge in [0.05, 0.1) is 6.26 Å². The van der Waals surface area contributed by atoms with Crippen LogP contribution in [-0.4, -0.2) is 85.0 Å². The van der Waals surface area contributed by atoms with Crippen LogP contribution in [0.3, 0.4) is 0 Å². The van der Waals surface area contributed by atoms with Crippen LogP contribution >= 0.6 is 24.0 Å². The van der Waals surface area contributed by atoms with E-state index in [2.05, 4.69) is 34.0 Å². The number of carbonyl (C=O) groups excluding carboxylic acids is 1. The molecule has 3 rings (SSSR count). The van der Waals surface area contributed by atoms with E-state index in [9.17, 15) is 4.79 Å². The number of guanidine groups is 1. The Hall–Kier alpha value is -1.29. The average Bonchev–Trinajstić information content (AvgIpc) is 3.23. The van der Waals surface area contributed by atoms with E-state index in [1.807, 2.05) is 11.9 Å². The molecule has 2 fully saturated rings. The molecule has 1 aromatic rings. The van der Waals surface area contributed by atoms with Crippen LogP contribution in [0.4, 0.5) is 0 Å². The molecule has 0 aromatic carbocycles. The van der Waals surface area contributed by atoms with E-state index in [0.29, 0.717) is 30.9 Å². The summed E-state index contributed by atoms with van der Waals surface area (Å²) in [6, 6.07) is 4.62. The summed E-state index contributed by atoms with van der Waals surface area (Å²) in [5, 5.41) is 3.54. The van der Waals surface area contributed by atoms with Gasteiger partial charge in [-0.25, -0.2) is 0 Å². The molecule has 2 aliphatic heterocycles. The number of piperazine rings is 1. The summed E-state index contributed by atoms with van der Waals surface area (Å²) in [4.78, 5) is 23.5. The second kappa shape index (κ2) is 11.0. The zero-order chi connectivity index (χ0) is 19.2. The maximum absolute atomic E-state index is 12.4. The molecule has 1 amide bonds. The topological polar surface area (TPSA) is 64.3 Å². The first-order valence-corrected chi connectivity index (χ1v) is 10.1. The fraction of sp³-hybridized carbons (Fsp3) is 0.700. The van der Waals surface area contributed by atoms with Crippen LogP contribution in [0.25, 0.3) is 0 Å². The van der Waals surface area contributed by atoms with Crippen LogP contribution in [0.2, 0.25) is 0 Å². The second-order valence-corrected chi connectivity index (χ2v) is 7.62. The lowest BCUT2D eigenvalue weighted by Gasteiger charge is -2.39. The predicted molar refractivity (Wildman–Crippen MR) is 122 cm³/mol. The van der Waals surface area contributed by atoms with E-state index in [1.165, 1.54) is 25.8 Å². The van der Waals surface area contributed by atoms with Gasteiger partial charge in [-0.2, -0.15) is 0 Å². The van der Waals surface area contributed by atoms with Gasteiger partial charge in [0, 0.05) is 51.9 Å². The number of aliphatic imine (C=N–C) groups is 1. The lowest BCUT2D eigenvalue weighted by molar-refractivity contribution is 0.0657. The molecule has 0 aliphatic carbocycles. The Balaban J connectivity index is 0.00000280. The zero-order valence-electron chi connectivity index (χ0n) is 17.3. The number of likely N-dealkylation sites (tertiary alicyclic amines) is 1. The number of furan rings is 1. The minimum absolute atomic E-state index is 0. The summed E-state index contributed by atoms with van der Waals surface area (Å²) < 4.78 is 5.23. The molecule has 0 bridgehead atoms. The molecule has 158 valence electrons. The highest BCUT2D eigenvalue weighted by molar-refractivity contribution is 14.0. The van der Waals surface area contributed by atoms with Crippen molar-refractivity contribution in [3.8, 4) is 0 Å². The predicted octanol–water partition coefficient (Wildman–Crippen LogP) is 2.49. The molecule has 1 aromatic heterocycles. The monoisotopic (exact) mass is 503 g/mol. The Morgan fingerprint density at radius 3 is 2.57 bits per heavy atom. The van der Waals surface area contributed by atoms with Crippen molar-refractivity contribution in [3.05, 3.63) is 24.2 Å². The van der Waals surface area contributed by atoms with Crippen molar-refractivity contribution in [2.45, 2.75) is 45.2 Å². The van der Waals surface area contributed by atoms with Crippen LogP contribution < -0.4 is 5.32 Å². The molecule has 2 unspecified atom stereocenters. The fourth-order valence-corrected chi connectivity index (χ4v) is 4.14. The van der Waals surface area contributed by atoms with Crippen LogP contribution in [0, 0.1) is 0 Å². The highest BCUT2D eigenvalue weighted by atomic mass is 127. The normalized spacial score (nSPS) is 22.5. The van der Waals surface area contributed by atoms with Crippen molar-refractivity contribution in [1.82, 2.24) is 20.0 Å². The van der Waals surface area contributed by atoms with Gasteiger partial charge < -0.3 is 19.5 Å². The smallest absolute Gasteiger partial charge is 0.289 e. The van der Waals surface area contributed by atoms with Gasteiger partial charge in [-0.1, -0.05) is 6.42 Å². The van der Waals surface area contributed by atoms with Gasteiger partial charge in [-0.3, -0.25) is 14.7 Å². The van der Waals surface area contributed by atoms with Crippen molar-refractivity contribution in [3.63, 3.8) is 0 Å². The van der Waals surface area contributed by atoms with Crippen LogP contribution in [0.1, 0.15) is 43.7 Å². The molecule has 8 heteroatoms. The van der Waals surface area contributed by atoms with Crippen molar-refractivity contribution >= 4 is 35.8 Å². The fourth-order valence-electron chi connectivity index (χ4n) is 4.14. The molecule has 0 spiro atoms. The highest BCUT2D eigenvalue weighted by Crippen LogP contribution is 2.18. The minimum Gasteiger partial charge on any atom is -0.459 e. The van der Waals surface area contributed by atoms with E-state index in [1.54, 1.807) is 18.4 Å². The molecule has 3 heterocycles. The molecular weight excluding hydrogens is 469 g/mol. The van der Waals surface area contributed by atoms with Crippen LogP contribution in [0.5, 0.6) is 0 Å². The average molecular weight is 503 g/mol. The lowest BCUT2D eigenvalue weighted by Crippen LogP contribution is -2.55. The minimum atomic E-state index is -0.0321. The van der Waals surface area contributed by atoms with E-state index < -0.39 is 0 Å². The largest absolute Gasteiger partial charge is 0.459 e. The Bertz CT molecular complexity index is 629. The second-order valence-electron chi connectivity index (χ2n) is 7.62. The summed E-state index contributed by atoms with van der Waals surface area (Å²) in [5.41, 5.74) is 0.